The van der Waals surface area contributed by atoms with Crippen molar-refractivity contribution in [3.05, 3.63) is 11.8 Å². The van der Waals surface area contributed by atoms with E-state index in [9.17, 15) is 0 Å². The molecule has 0 aromatic rings. The van der Waals surface area contributed by atoms with E-state index in [0.29, 0.717) is 0 Å². The molecule has 15 heavy (non-hydrogen) atoms. The van der Waals surface area contributed by atoms with Crippen LogP contribution in [0.15, 0.2) is 11.8 Å². The van der Waals surface area contributed by atoms with Crippen LogP contribution in [0.2, 0.25) is 0 Å². The standard InChI is InChI=1S/C13H23NO/c14-13(12-6-3-9-15-10-12)8-7-11-4-1-2-5-11/h10-11,13H,1-9,14H2. The topological polar surface area (TPSA) is 35.2 Å². The van der Waals surface area contributed by atoms with Gasteiger partial charge in [0.1, 0.15) is 0 Å². The highest BCUT2D eigenvalue weighted by molar-refractivity contribution is 5.08. The zero-order chi connectivity index (χ0) is 10.5. The van der Waals surface area contributed by atoms with Crippen LogP contribution in [0, 0.1) is 5.92 Å². The number of nitrogens with two attached hydrogens (primary N) is 1. The van der Waals surface area contributed by atoms with Crippen LogP contribution in [0.4, 0.5) is 0 Å². The lowest BCUT2D eigenvalue weighted by Crippen LogP contribution is -2.25. The predicted octanol–water partition coefficient (Wildman–Crippen LogP) is 2.98. The summed E-state index contributed by atoms with van der Waals surface area (Å²) in [5.41, 5.74) is 7.51. The lowest BCUT2D eigenvalue weighted by atomic mass is 9.93. The maximum Gasteiger partial charge on any atom is 0.0876 e. The summed E-state index contributed by atoms with van der Waals surface area (Å²) in [4.78, 5) is 0. The Morgan fingerprint density at radius 2 is 2.13 bits per heavy atom. The van der Waals surface area contributed by atoms with E-state index < -0.39 is 0 Å². The molecule has 2 nitrogen and oxygen atoms in total. The molecule has 2 N–H and O–H groups in total. The minimum absolute atomic E-state index is 0.255. The largest absolute Gasteiger partial charge is 0.501 e. The highest BCUT2D eigenvalue weighted by Crippen LogP contribution is 2.30. The Morgan fingerprint density at radius 1 is 1.33 bits per heavy atom. The Bertz CT molecular complexity index is 219. The van der Waals surface area contributed by atoms with Gasteiger partial charge >= 0.3 is 0 Å². The summed E-state index contributed by atoms with van der Waals surface area (Å²) >= 11 is 0. The van der Waals surface area contributed by atoms with Gasteiger partial charge in [0, 0.05) is 6.04 Å². The molecule has 1 heterocycles. The molecule has 0 bridgehead atoms. The van der Waals surface area contributed by atoms with Crippen LogP contribution < -0.4 is 5.73 Å². The lowest BCUT2D eigenvalue weighted by molar-refractivity contribution is 0.220. The zero-order valence-corrected chi connectivity index (χ0v) is 9.58. The molecule has 1 fully saturated rings. The fourth-order valence-corrected chi connectivity index (χ4v) is 2.76. The van der Waals surface area contributed by atoms with Crippen LogP contribution in [-0.4, -0.2) is 12.6 Å². The van der Waals surface area contributed by atoms with E-state index >= 15 is 0 Å². The molecule has 2 heteroatoms. The van der Waals surface area contributed by atoms with E-state index in [0.717, 1.165) is 31.8 Å². The summed E-state index contributed by atoms with van der Waals surface area (Å²) < 4.78 is 5.33. The van der Waals surface area contributed by atoms with Crippen LogP contribution in [0.5, 0.6) is 0 Å². The highest BCUT2D eigenvalue weighted by Gasteiger charge is 2.18. The van der Waals surface area contributed by atoms with E-state index in [4.69, 9.17) is 10.5 Å². The third-order valence-electron chi connectivity index (χ3n) is 3.80. The number of rotatable bonds is 4. The van der Waals surface area contributed by atoms with Gasteiger partial charge in [0.2, 0.25) is 0 Å². The van der Waals surface area contributed by atoms with Gasteiger partial charge < -0.3 is 10.5 Å². The molecule has 0 spiro atoms. The third kappa shape index (κ3) is 3.23. The fourth-order valence-electron chi connectivity index (χ4n) is 2.76. The molecule has 0 aromatic heterocycles. The molecular weight excluding hydrogens is 186 g/mol. The number of hydrogen-bond acceptors (Lipinski definition) is 2. The second kappa shape index (κ2) is 5.55. The van der Waals surface area contributed by atoms with Crippen molar-refractivity contribution in [1.29, 1.82) is 0 Å². The fraction of sp³-hybridized carbons (Fsp3) is 0.846. The summed E-state index contributed by atoms with van der Waals surface area (Å²) in [6.45, 7) is 0.874. The van der Waals surface area contributed by atoms with Gasteiger partial charge in [-0.1, -0.05) is 25.7 Å². The van der Waals surface area contributed by atoms with Crippen molar-refractivity contribution in [2.75, 3.05) is 6.61 Å². The molecule has 0 saturated heterocycles. The molecule has 0 amide bonds. The van der Waals surface area contributed by atoms with Crippen molar-refractivity contribution in [3.8, 4) is 0 Å². The van der Waals surface area contributed by atoms with Gasteiger partial charge in [-0.25, -0.2) is 0 Å². The minimum Gasteiger partial charge on any atom is -0.501 e. The second-order valence-corrected chi connectivity index (χ2v) is 5.00. The normalized spacial score (nSPS) is 24.7. The first-order valence-electron chi connectivity index (χ1n) is 6.42. The van der Waals surface area contributed by atoms with Crippen molar-refractivity contribution in [3.63, 3.8) is 0 Å². The molecule has 0 aromatic carbocycles. The quantitative estimate of drug-likeness (QED) is 0.772. The van der Waals surface area contributed by atoms with Gasteiger partial charge in [-0.05, 0) is 37.2 Å². The summed E-state index contributed by atoms with van der Waals surface area (Å²) in [6, 6.07) is 0.255. The van der Waals surface area contributed by atoms with Crippen LogP contribution in [0.1, 0.15) is 51.4 Å². The highest BCUT2D eigenvalue weighted by atomic mass is 16.5. The molecule has 2 rings (SSSR count). The SMILES string of the molecule is NC(CCC1CCCC1)C1=COCCC1. The molecule has 1 saturated carbocycles. The number of hydrogen-bond donors (Lipinski definition) is 1. The van der Waals surface area contributed by atoms with Gasteiger partial charge in [0.15, 0.2) is 0 Å². The van der Waals surface area contributed by atoms with E-state index in [-0.39, 0.29) is 6.04 Å². The van der Waals surface area contributed by atoms with Crippen LogP contribution in [0.25, 0.3) is 0 Å². The third-order valence-corrected chi connectivity index (χ3v) is 3.80. The molecule has 1 atom stereocenters. The van der Waals surface area contributed by atoms with E-state index in [1.807, 2.05) is 6.26 Å². The summed E-state index contributed by atoms with van der Waals surface area (Å²) in [5.74, 6) is 0.959. The van der Waals surface area contributed by atoms with Crippen molar-refractivity contribution < 1.29 is 4.74 Å². The van der Waals surface area contributed by atoms with Crippen LogP contribution in [-0.2, 0) is 4.74 Å². The second-order valence-electron chi connectivity index (χ2n) is 5.00. The van der Waals surface area contributed by atoms with Crippen molar-refractivity contribution in [1.82, 2.24) is 0 Å². The zero-order valence-electron chi connectivity index (χ0n) is 9.58. The molecule has 1 unspecified atom stereocenters. The minimum atomic E-state index is 0.255. The molecule has 0 radical (unpaired) electrons. The Hall–Kier alpha value is -0.500. The van der Waals surface area contributed by atoms with Gasteiger partial charge in [-0.2, -0.15) is 0 Å². The van der Waals surface area contributed by atoms with Crippen molar-refractivity contribution >= 4 is 0 Å². The molecule has 1 aliphatic carbocycles. The first kappa shape index (κ1) is 11.0. The Morgan fingerprint density at radius 3 is 2.80 bits per heavy atom. The average Bonchev–Trinajstić information content (AvgIpc) is 2.80. The average molecular weight is 209 g/mol. The summed E-state index contributed by atoms with van der Waals surface area (Å²) in [7, 11) is 0. The monoisotopic (exact) mass is 209 g/mol. The Balaban J connectivity index is 1.71. The van der Waals surface area contributed by atoms with Crippen LogP contribution in [0.3, 0.4) is 0 Å². The Labute approximate surface area is 92.9 Å². The number of ether oxygens (including phenoxy) is 1. The maximum absolute atomic E-state index is 6.18. The van der Waals surface area contributed by atoms with Crippen molar-refractivity contribution in [2.45, 2.75) is 57.4 Å². The Kier molecular flexibility index (Phi) is 4.07. The van der Waals surface area contributed by atoms with Crippen LogP contribution >= 0.6 is 0 Å². The van der Waals surface area contributed by atoms with E-state index in [2.05, 4.69) is 0 Å². The summed E-state index contributed by atoms with van der Waals surface area (Å²) in [6.07, 6.45) is 12.4. The molecule has 2 aliphatic rings. The first-order chi connectivity index (χ1) is 7.36. The molecule has 1 aliphatic heterocycles. The van der Waals surface area contributed by atoms with Gasteiger partial charge in [0.05, 0.1) is 12.9 Å². The maximum atomic E-state index is 6.18. The lowest BCUT2D eigenvalue weighted by Gasteiger charge is -2.20. The summed E-state index contributed by atoms with van der Waals surface area (Å²) in [5, 5.41) is 0. The van der Waals surface area contributed by atoms with Gasteiger partial charge in [-0.3, -0.25) is 0 Å². The van der Waals surface area contributed by atoms with Gasteiger partial charge in [-0.15, -0.1) is 0 Å². The molecule has 86 valence electrons. The predicted molar refractivity (Wildman–Crippen MR) is 62.4 cm³/mol. The van der Waals surface area contributed by atoms with E-state index in [1.165, 1.54) is 37.7 Å². The smallest absolute Gasteiger partial charge is 0.0876 e. The van der Waals surface area contributed by atoms with Crippen molar-refractivity contribution in [2.24, 2.45) is 11.7 Å². The van der Waals surface area contributed by atoms with Gasteiger partial charge in [0.25, 0.3) is 0 Å². The first-order valence-corrected chi connectivity index (χ1v) is 6.42. The molecular formula is C13H23NO. The van der Waals surface area contributed by atoms with E-state index in [1.54, 1.807) is 0 Å².